The molecular weight excluding hydrogens is 403 g/mol. The summed E-state index contributed by atoms with van der Waals surface area (Å²) in [4.78, 5) is 36.1. The number of benzene rings is 2. The van der Waals surface area contributed by atoms with Gasteiger partial charge in [-0.05, 0) is 37.6 Å². The molecule has 2 rings (SSSR count). The molecule has 28 heavy (non-hydrogen) atoms. The van der Waals surface area contributed by atoms with Crippen LogP contribution in [0.4, 0.5) is 0 Å². The number of Topliss-reactive ketones (excluding diaryl/α,β-unsaturated/α-hetero) is 2. The van der Waals surface area contributed by atoms with Crippen molar-refractivity contribution in [1.82, 2.24) is 0 Å². The van der Waals surface area contributed by atoms with E-state index in [4.69, 9.17) is 32.7 Å². The number of hydrogen-bond donors (Lipinski definition) is 0. The molecular formula is C21H18Cl2O5. The first kappa shape index (κ1) is 21.7. The largest absolute Gasteiger partial charge is 0.480 e. The number of esters is 1. The van der Waals surface area contributed by atoms with Crippen molar-refractivity contribution in [3.8, 4) is 5.75 Å². The molecule has 0 amide bonds. The maximum atomic E-state index is 12.7. The monoisotopic (exact) mass is 420 g/mol. The van der Waals surface area contributed by atoms with Crippen LogP contribution < -0.4 is 4.74 Å². The molecule has 0 spiro atoms. The van der Waals surface area contributed by atoms with Gasteiger partial charge >= 0.3 is 5.97 Å². The van der Waals surface area contributed by atoms with E-state index in [9.17, 15) is 14.4 Å². The predicted molar refractivity (Wildman–Crippen MR) is 108 cm³/mol. The number of carbonyl (C=O) groups is 3. The number of hydrogen-bond acceptors (Lipinski definition) is 5. The highest BCUT2D eigenvalue weighted by atomic mass is 35.5. The molecule has 0 aliphatic carbocycles. The standard InChI is InChI=1S/C21H18Cl2O5/c1-3-27-18(25)12-28-17-10-9-15(19(22)20(17)23)11-16(13(2)24)21(26)14-7-5-4-6-8-14/h4-11H,3,12H2,1-2H3. The molecule has 2 aromatic rings. The fourth-order valence-electron chi connectivity index (χ4n) is 2.34. The third-order valence-corrected chi connectivity index (χ3v) is 4.57. The number of allylic oxidation sites excluding steroid dienone is 1. The van der Waals surface area contributed by atoms with E-state index in [0.29, 0.717) is 11.1 Å². The zero-order valence-corrected chi connectivity index (χ0v) is 16.8. The molecule has 0 heterocycles. The molecule has 0 unspecified atom stereocenters. The maximum Gasteiger partial charge on any atom is 0.344 e. The smallest absolute Gasteiger partial charge is 0.344 e. The molecule has 0 atom stereocenters. The molecule has 0 fully saturated rings. The molecule has 146 valence electrons. The molecule has 0 radical (unpaired) electrons. The molecule has 7 heteroatoms. The van der Waals surface area contributed by atoms with Crippen molar-refractivity contribution in [1.29, 1.82) is 0 Å². The summed E-state index contributed by atoms with van der Waals surface area (Å²) in [5.74, 6) is -1.16. The van der Waals surface area contributed by atoms with Gasteiger partial charge in [0.05, 0.1) is 17.2 Å². The van der Waals surface area contributed by atoms with Gasteiger partial charge < -0.3 is 9.47 Å². The first-order valence-corrected chi connectivity index (χ1v) is 9.19. The first-order chi connectivity index (χ1) is 13.3. The Kier molecular flexibility index (Phi) is 7.79. The van der Waals surface area contributed by atoms with E-state index < -0.39 is 17.5 Å². The van der Waals surface area contributed by atoms with Gasteiger partial charge in [-0.15, -0.1) is 0 Å². The topological polar surface area (TPSA) is 69.7 Å². The van der Waals surface area contributed by atoms with Crippen LogP contribution in [0.5, 0.6) is 5.75 Å². The van der Waals surface area contributed by atoms with Crippen LogP contribution in [0.15, 0.2) is 48.0 Å². The fraction of sp³-hybridized carbons (Fsp3) is 0.190. The summed E-state index contributed by atoms with van der Waals surface area (Å²) in [6, 6.07) is 11.5. The van der Waals surface area contributed by atoms with Crippen molar-refractivity contribution in [2.45, 2.75) is 13.8 Å². The zero-order valence-electron chi connectivity index (χ0n) is 15.3. The average Bonchev–Trinajstić information content (AvgIpc) is 2.68. The van der Waals surface area contributed by atoms with Gasteiger partial charge in [0.1, 0.15) is 10.8 Å². The predicted octanol–water partition coefficient (Wildman–Crippen LogP) is 4.79. The van der Waals surface area contributed by atoms with E-state index in [2.05, 4.69) is 0 Å². The van der Waals surface area contributed by atoms with Crippen LogP contribution in [0.2, 0.25) is 10.0 Å². The Morgan fingerprint density at radius 3 is 2.29 bits per heavy atom. The number of rotatable bonds is 8. The number of halogens is 2. The lowest BCUT2D eigenvalue weighted by molar-refractivity contribution is -0.145. The number of carbonyl (C=O) groups excluding carboxylic acids is 3. The van der Waals surface area contributed by atoms with Crippen molar-refractivity contribution in [3.63, 3.8) is 0 Å². The van der Waals surface area contributed by atoms with E-state index in [-0.39, 0.29) is 34.6 Å². The Bertz CT molecular complexity index is 920. The molecule has 0 bridgehead atoms. The van der Waals surface area contributed by atoms with Gasteiger partial charge in [0.2, 0.25) is 0 Å². The van der Waals surface area contributed by atoms with Crippen LogP contribution in [0.3, 0.4) is 0 Å². The number of ether oxygens (including phenoxy) is 2. The van der Waals surface area contributed by atoms with Crippen LogP contribution in [-0.4, -0.2) is 30.7 Å². The number of ketones is 2. The summed E-state index contributed by atoms with van der Waals surface area (Å²) in [6.45, 7) is 2.92. The molecule has 0 aliphatic heterocycles. The molecule has 2 aromatic carbocycles. The van der Waals surface area contributed by atoms with Gasteiger partial charge in [0.15, 0.2) is 18.2 Å². The lowest BCUT2D eigenvalue weighted by Gasteiger charge is -2.11. The van der Waals surface area contributed by atoms with Crippen LogP contribution in [0.25, 0.3) is 6.08 Å². The Morgan fingerprint density at radius 1 is 1.00 bits per heavy atom. The normalized spacial score (nSPS) is 11.1. The Balaban J connectivity index is 2.32. The van der Waals surface area contributed by atoms with Crippen molar-refractivity contribution in [2.24, 2.45) is 0 Å². The minimum absolute atomic E-state index is 0.0237. The van der Waals surface area contributed by atoms with Crippen molar-refractivity contribution in [2.75, 3.05) is 13.2 Å². The van der Waals surface area contributed by atoms with E-state index >= 15 is 0 Å². The molecule has 0 saturated carbocycles. The van der Waals surface area contributed by atoms with Crippen LogP contribution >= 0.6 is 23.2 Å². The molecule has 0 saturated heterocycles. The summed E-state index contributed by atoms with van der Waals surface area (Å²) >= 11 is 12.5. The van der Waals surface area contributed by atoms with Gasteiger partial charge in [-0.3, -0.25) is 9.59 Å². The lowest BCUT2D eigenvalue weighted by atomic mass is 9.98. The highest BCUT2D eigenvalue weighted by Gasteiger charge is 2.18. The summed E-state index contributed by atoms with van der Waals surface area (Å²) in [7, 11) is 0. The quantitative estimate of drug-likeness (QED) is 0.202. The summed E-state index contributed by atoms with van der Waals surface area (Å²) < 4.78 is 10.1. The third kappa shape index (κ3) is 5.44. The van der Waals surface area contributed by atoms with E-state index in [1.165, 1.54) is 19.1 Å². The van der Waals surface area contributed by atoms with E-state index in [1.807, 2.05) is 0 Å². The van der Waals surface area contributed by atoms with E-state index in [1.54, 1.807) is 43.3 Å². The van der Waals surface area contributed by atoms with Gasteiger partial charge in [0, 0.05) is 5.56 Å². The van der Waals surface area contributed by atoms with Gasteiger partial charge in [-0.1, -0.05) is 53.5 Å². The zero-order chi connectivity index (χ0) is 20.7. The molecule has 0 aromatic heterocycles. The fourth-order valence-corrected chi connectivity index (χ4v) is 2.77. The average molecular weight is 421 g/mol. The Labute approximate surface area is 172 Å². The van der Waals surface area contributed by atoms with Gasteiger partial charge in [-0.25, -0.2) is 4.79 Å². The second kappa shape index (κ2) is 10.1. The highest BCUT2D eigenvalue weighted by Crippen LogP contribution is 2.36. The minimum Gasteiger partial charge on any atom is -0.480 e. The van der Waals surface area contributed by atoms with Gasteiger partial charge in [0.25, 0.3) is 0 Å². The first-order valence-electron chi connectivity index (χ1n) is 8.44. The van der Waals surface area contributed by atoms with Crippen molar-refractivity contribution in [3.05, 3.63) is 69.2 Å². The highest BCUT2D eigenvalue weighted by molar-refractivity contribution is 6.44. The molecule has 5 nitrogen and oxygen atoms in total. The molecule has 0 N–H and O–H groups in total. The summed E-state index contributed by atoms with van der Waals surface area (Å²) in [5, 5.41) is 0.164. The van der Waals surface area contributed by atoms with E-state index in [0.717, 1.165) is 0 Å². The lowest BCUT2D eigenvalue weighted by Crippen LogP contribution is -2.14. The van der Waals surface area contributed by atoms with Crippen molar-refractivity contribution < 1.29 is 23.9 Å². The SMILES string of the molecule is CCOC(=O)COc1ccc(C=C(C(C)=O)C(=O)c2ccccc2)c(Cl)c1Cl. The molecule has 0 aliphatic rings. The van der Waals surface area contributed by atoms with Crippen LogP contribution in [-0.2, 0) is 14.3 Å². The minimum atomic E-state index is -0.536. The van der Waals surface area contributed by atoms with Crippen LogP contribution in [0, 0.1) is 0 Å². The second-order valence-electron chi connectivity index (χ2n) is 5.68. The Hall–Kier alpha value is -2.63. The van der Waals surface area contributed by atoms with Gasteiger partial charge in [-0.2, -0.15) is 0 Å². The second-order valence-corrected chi connectivity index (χ2v) is 6.44. The van der Waals surface area contributed by atoms with Crippen LogP contribution in [0.1, 0.15) is 29.8 Å². The Morgan fingerprint density at radius 2 is 1.68 bits per heavy atom. The summed E-state index contributed by atoms with van der Waals surface area (Å²) in [6.07, 6.45) is 1.39. The maximum absolute atomic E-state index is 12.7. The van der Waals surface area contributed by atoms with Crippen molar-refractivity contribution >= 4 is 46.8 Å². The third-order valence-electron chi connectivity index (χ3n) is 3.69. The summed E-state index contributed by atoms with van der Waals surface area (Å²) in [5.41, 5.74) is 0.745.